The molecule has 5 heteroatoms. The first-order valence-electron chi connectivity index (χ1n) is 9.02. The number of likely N-dealkylation sites (tertiary alicyclic amines) is 1. The average Bonchev–Trinajstić information content (AvgIpc) is 2.53. The topological polar surface area (TPSA) is 48.0 Å². The third-order valence-electron chi connectivity index (χ3n) is 6.50. The van der Waals surface area contributed by atoms with Crippen molar-refractivity contribution in [1.29, 1.82) is 0 Å². The van der Waals surface area contributed by atoms with E-state index in [4.69, 9.17) is 4.74 Å². The molecule has 128 valence electrons. The molecule has 5 nitrogen and oxygen atoms in total. The molecule has 3 rings (SSSR count). The van der Waals surface area contributed by atoms with Crippen LogP contribution < -0.4 is 5.32 Å². The molecule has 3 aliphatic rings. The highest BCUT2D eigenvalue weighted by Gasteiger charge is 2.53. The molecule has 0 aromatic rings. The van der Waals surface area contributed by atoms with Gasteiger partial charge in [0.1, 0.15) is 0 Å². The number of aliphatic hydroxyl groups is 1. The van der Waals surface area contributed by atoms with Crippen molar-refractivity contribution in [3.05, 3.63) is 0 Å². The lowest BCUT2D eigenvalue weighted by Crippen LogP contribution is -2.73. The van der Waals surface area contributed by atoms with Gasteiger partial charge < -0.3 is 20.1 Å². The molecule has 2 N–H and O–H groups in total. The molecule has 0 aromatic carbocycles. The summed E-state index contributed by atoms with van der Waals surface area (Å²) in [5.41, 5.74) is -0.0607. The second kappa shape index (κ2) is 6.73. The molecule has 2 saturated heterocycles. The normalized spacial score (nSPS) is 34.0. The van der Waals surface area contributed by atoms with Gasteiger partial charge in [-0.25, -0.2) is 0 Å². The summed E-state index contributed by atoms with van der Waals surface area (Å²) in [6, 6.07) is 0.582. The van der Waals surface area contributed by atoms with Gasteiger partial charge in [-0.1, -0.05) is 6.92 Å². The third kappa shape index (κ3) is 2.94. The lowest BCUT2D eigenvalue weighted by Gasteiger charge is -2.59. The number of morpholine rings is 1. The van der Waals surface area contributed by atoms with E-state index in [0.29, 0.717) is 12.6 Å². The molecule has 22 heavy (non-hydrogen) atoms. The first-order valence-corrected chi connectivity index (χ1v) is 9.02. The molecule has 1 atom stereocenters. The minimum Gasteiger partial charge on any atom is -0.394 e. The van der Waals surface area contributed by atoms with E-state index in [9.17, 15) is 5.11 Å². The lowest BCUT2D eigenvalue weighted by atomic mass is 9.72. The summed E-state index contributed by atoms with van der Waals surface area (Å²) < 4.78 is 5.93. The van der Waals surface area contributed by atoms with E-state index >= 15 is 0 Å². The number of ether oxygens (including phenoxy) is 1. The first-order chi connectivity index (χ1) is 10.6. The molecule has 2 heterocycles. The number of aliphatic hydroxyl groups excluding tert-OH is 1. The third-order valence-corrected chi connectivity index (χ3v) is 6.50. The number of likely N-dealkylation sites (N-methyl/N-ethyl adjacent to an activating group) is 1. The Bertz CT molecular complexity index is 367. The summed E-state index contributed by atoms with van der Waals surface area (Å²) in [6.45, 7) is 8.26. The molecular formula is C17H33N3O2. The largest absolute Gasteiger partial charge is 0.394 e. The van der Waals surface area contributed by atoms with E-state index in [-0.39, 0.29) is 17.7 Å². The summed E-state index contributed by atoms with van der Waals surface area (Å²) in [5, 5.41) is 13.8. The van der Waals surface area contributed by atoms with Crippen molar-refractivity contribution in [1.82, 2.24) is 15.1 Å². The fraction of sp³-hybridized carbons (Fsp3) is 1.00. The lowest BCUT2D eigenvalue weighted by molar-refractivity contribution is -0.180. The Balaban J connectivity index is 1.57. The van der Waals surface area contributed by atoms with Gasteiger partial charge in [-0.2, -0.15) is 0 Å². The standard InChI is InChI=1S/C17H33N3O2/c1-3-20-9-5-15(6-10-20)18-11-17(12-21)14-22-13-16(19(17)2)7-4-8-16/h15,18,21H,3-14H2,1-2H3. The Hall–Kier alpha value is -0.200. The Morgan fingerprint density at radius 3 is 2.50 bits per heavy atom. The van der Waals surface area contributed by atoms with Gasteiger partial charge >= 0.3 is 0 Å². The van der Waals surface area contributed by atoms with Crippen molar-refractivity contribution in [2.24, 2.45) is 0 Å². The number of nitrogens with one attached hydrogen (secondary N) is 1. The zero-order valence-corrected chi connectivity index (χ0v) is 14.3. The van der Waals surface area contributed by atoms with Crippen molar-refractivity contribution in [3.8, 4) is 0 Å². The highest BCUT2D eigenvalue weighted by molar-refractivity contribution is 5.08. The number of nitrogens with zero attached hydrogens (tertiary/aromatic N) is 2. The van der Waals surface area contributed by atoms with Gasteiger partial charge in [0.25, 0.3) is 0 Å². The maximum Gasteiger partial charge on any atom is 0.0804 e. The maximum absolute atomic E-state index is 10.1. The van der Waals surface area contributed by atoms with Crippen LogP contribution in [0.3, 0.4) is 0 Å². The van der Waals surface area contributed by atoms with Crippen LogP contribution in [0.1, 0.15) is 39.0 Å². The zero-order valence-electron chi connectivity index (χ0n) is 14.3. The molecule has 1 spiro atoms. The van der Waals surface area contributed by atoms with Crippen LogP contribution in [-0.2, 0) is 4.74 Å². The number of piperidine rings is 1. The zero-order chi connectivity index (χ0) is 15.6. The van der Waals surface area contributed by atoms with Gasteiger partial charge in [0.15, 0.2) is 0 Å². The molecule has 1 saturated carbocycles. The van der Waals surface area contributed by atoms with E-state index in [1.165, 1.54) is 45.2 Å². The van der Waals surface area contributed by atoms with Crippen molar-refractivity contribution in [3.63, 3.8) is 0 Å². The van der Waals surface area contributed by atoms with Gasteiger partial charge in [-0.15, -0.1) is 0 Å². The van der Waals surface area contributed by atoms with Crippen LogP contribution >= 0.6 is 0 Å². The first kappa shape index (κ1) is 16.7. The highest BCUT2D eigenvalue weighted by Crippen LogP contribution is 2.43. The van der Waals surface area contributed by atoms with Gasteiger partial charge in [-0.3, -0.25) is 4.90 Å². The highest BCUT2D eigenvalue weighted by atomic mass is 16.5. The molecular weight excluding hydrogens is 278 g/mol. The Morgan fingerprint density at radius 2 is 1.95 bits per heavy atom. The molecule has 0 bridgehead atoms. The average molecular weight is 311 g/mol. The predicted molar refractivity (Wildman–Crippen MR) is 88.1 cm³/mol. The molecule has 3 fully saturated rings. The smallest absolute Gasteiger partial charge is 0.0804 e. The van der Waals surface area contributed by atoms with Crippen LogP contribution in [-0.4, -0.2) is 85.1 Å². The number of hydrogen-bond acceptors (Lipinski definition) is 5. The molecule has 0 amide bonds. The molecule has 0 aromatic heterocycles. The van der Waals surface area contributed by atoms with Crippen LogP contribution in [0.2, 0.25) is 0 Å². The molecule has 0 radical (unpaired) electrons. The van der Waals surface area contributed by atoms with Crippen molar-refractivity contribution < 1.29 is 9.84 Å². The van der Waals surface area contributed by atoms with Gasteiger partial charge in [0.2, 0.25) is 0 Å². The van der Waals surface area contributed by atoms with Gasteiger partial charge in [0.05, 0.1) is 25.4 Å². The van der Waals surface area contributed by atoms with E-state index in [1.54, 1.807) is 0 Å². The van der Waals surface area contributed by atoms with Crippen LogP contribution in [0.25, 0.3) is 0 Å². The Morgan fingerprint density at radius 1 is 1.23 bits per heavy atom. The molecule has 2 aliphatic heterocycles. The summed E-state index contributed by atoms with van der Waals surface area (Å²) in [4.78, 5) is 4.96. The summed E-state index contributed by atoms with van der Waals surface area (Å²) in [5.74, 6) is 0. The Labute approximate surface area is 135 Å². The second-order valence-electron chi connectivity index (χ2n) is 7.60. The van der Waals surface area contributed by atoms with Crippen LogP contribution in [0, 0.1) is 0 Å². The van der Waals surface area contributed by atoms with Crippen LogP contribution in [0.5, 0.6) is 0 Å². The molecule has 1 aliphatic carbocycles. The monoisotopic (exact) mass is 311 g/mol. The van der Waals surface area contributed by atoms with E-state index in [0.717, 1.165) is 19.7 Å². The van der Waals surface area contributed by atoms with Crippen molar-refractivity contribution in [2.45, 2.75) is 56.1 Å². The summed E-state index contributed by atoms with van der Waals surface area (Å²) in [6.07, 6.45) is 6.13. The summed E-state index contributed by atoms with van der Waals surface area (Å²) >= 11 is 0. The molecule has 1 unspecified atom stereocenters. The fourth-order valence-corrected chi connectivity index (χ4v) is 4.36. The maximum atomic E-state index is 10.1. The quantitative estimate of drug-likeness (QED) is 0.782. The summed E-state index contributed by atoms with van der Waals surface area (Å²) in [7, 11) is 2.19. The minimum atomic E-state index is -0.249. The number of hydrogen-bond donors (Lipinski definition) is 2. The van der Waals surface area contributed by atoms with Crippen molar-refractivity contribution >= 4 is 0 Å². The van der Waals surface area contributed by atoms with Crippen LogP contribution in [0.4, 0.5) is 0 Å². The van der Waals surface area contributed by atoms with Gasteiger partial charge in [-0.05, 0) is 58.8 Å². The van der Waals surface area contributed by atoms with E-state index in [2.05, 4.69) is 29.1 Å². The Kier molecular flexibility index (Phi) is 5.10. The SMILES string of the molecule is CCN1CCC(NCC2(CO)COCC3(CCC3)N2C)CC1. The van der Waals surface area contributed by atoms with Crippen LogP contribution in [0.15, 0.2) is 0 Å². The number of rotatable bonds is 5. The minimum absolute atomic E-state index is 0.173. The fourth-order valence-electron chi connectivity index (χ4n) is 4.36. The van der Waals surface area contributed by atoms with E-state index < -0.39 is 0 Å². The van der Waals surface area contributed by atoms with Gasteiger partial charge in [0, 0.05) is 18.1 Å². The van der Waals surface area contributed by atoms with E-state index in [1.807, 2.05) is 0 Å². The second-order valence-corrected chi connectivity index (χ2v) is 7.60. The van der Waals surface area contributed by atoms with Crippen molar-refractivity contribution in [2.75, 3.05) is 53.0 Å². The predicted octanol–water partition coefficient (Wildman–Crippen LogP) is 0.676.